The second-order valence-electron chi connectivity index (χ2n) is 4.81. The van der Waals surface area contributed by atoms with Crippen molar-refractivity contribution in [2.45, 2.75) is 12.8 Å². The van der Waals surface area contributed by atoms with Crippen LogP contribution in [-0.4, -0.2) is 42.9 Å². The minimum absolute atomic E-state index is 0.0487. The van der Waals surface area contributed by atoms with Gasteiger partial charge in [0.05, 0.1) is 6.54 Å². The molecule has 1 aromatic rings. The van der Waals surface area contributed by atoms with E-state index in [0.29, 0.717) is 49.5 Å². The van der Waals surface area contributed by atoms with E-state index in [0.717, 1.165) is 0 Å². The van der Waals surface area contributed by atoms with Crippen LogP contribution in [0, 0.1) is 0 Å². The average molecular weight is 261 g/mol. The average Bonchev–Trinajstić information content (AvgIpc) is 2.88. The minimum atomic E-state index is 0.0487. The molecule has 5 heteroatoms. The molecule has 1 fully saturated rings. The molecule has 0 spiro atoms. The van der Waals surface area contributed by atoms with Crippen LogP contribution in [0.5, 0.6) is 11.5 Å². The molecule has 2 aliphatic rings. The molecule has 0 unspecified atom stereocenters. The van der Waals surface area contributed by atoms with Gasteiger partial charge < -0.3 is 9.47 Å². The lowest BCUT2D eigenvalue weighted by molar-refractivity contribution is -0.121. The molecule has 1 aromatic carbocycles. The van der Waals surface area contributed by atoms with E-state index in [2.05, 4.69) is 0 Å². The van der Waals surface area contributed by atoms with Crippen LogP contribution in [0.4, 0.5) is 0 Å². The monoisotopic (exact) mass is 261 g/mol. The van der Waals surface area contributed by atoms with Crippen molar-refractivity contribution >= 4 is 11.6 Å². The number of hydrogen-bond donors (Lipinski definition) is 0. The van der Waals surface area contributed by atoms with Crippen molar-refractivity contribution in [1.29, 1.82) is 0 Å². The van der Waals surface area contributed by atoms with Crippen LogP contribution >= 0.6 is 0 Å². The zero-order valence-corrected chi connectivity index (χ0v) is 10.6. The molecule has 100 valence electrons. The van der Waals surface area contributed by atoms with Gasteiger partial charge in [-0.2, -0.15) is 0 Å². The van der Waals surface area contributed by atoms with Gasteiger partial charge in [-0.25, -0.2) is 0 Å². The van der Waals surface area contributed by atoms with Crippen LogP contribution < -0.4 is 9.47 Å². The van der Waals surface area contributed by atoms with Gasteiger partial charge in [0.15, 0.2) is 17.3 Å². The maximum atomic E-state index is 12.2. The normalized spacial score (nSPS) is 18.6. The lowest BCUT2D eigenvalue weighted by Crippen LogP contribution is -2.37. The van der Waals surface area contributed by atoms with E-state index in [1.807, 2.05) is 4.90 Å². The summed E-state index contributed by atoms with van der Waals surface area (Å²) < 4.78 is 10.5. The largest absolute Gasteiger partial charge is 0.454 e. The van der Waals surface area contributed by atoms with Crippen LogP contribution in [0.15, 0.2) is 18.2 Å². The summed E-state index contributed by atoms with van der Waals surface area (Å²) >= 11 is 0. The first-order valence-electron chi connectivity index (χ1n) is 6.39. The van der Waals surface area contributed by atoms with Crippen molar-refractivity contribution in [1.82, 2.24) is 4.90 Å². The molecule has 3 rings (SSSR count). The third kappa shape index (κ3) is 2.61. The van der Waals surface area contributed by atoms with Crippen LogP contribution in [0.2, 0.25) is 0 Å². The molecule has 0 aliphatic carbocycles. The highest BCUT2D eigenvalue weighted by atomic mass is 16.7. The third-order valence-corrected chi connectivity index (χ3v) is 3.48. The highest BCUT2D eigenvalue weighted by molar-refractivity contribution is 5.98. The number of fused-ring (bicyclic) bond motifs is 1. The van der Waals surface area contributed by atoms with Crippen molar-refractivity contribution in [2.24, 2.45) is 0 Å². The van der Waals surface area contributed by atoms with Gasteiger partial charge in [0.1, 0.15) is 5.78 Å². The van der Waals surface area contributed by atoms with Crippen LogP contribution in [0.25, 0.3) is 0 Å². The molecule has 0 amide bonds. The molecule has 2 aliphatic heterocycles. The fraction of sp³-hybridized carbons (Fsp3) is 0.429. The number of hydrogen-bond acceptors (Lipinski definition) is 5. The van der Waals surface area contributed by atoms with Crippen molar-refractivity contribution in [3.63, 3.8) is 0 Å². The number of benzene rings is 1. The Labute approximate surface area is 111 Å². The Hall–Kier alpha value is -1.88. The topological polar surface area (TPSA) is 55.8 Å². The highest BCUT2D eigenvalue weighted by Crippen LogP contribution is 2.32. The molecule has 2 heterocycles. The van der Waals surface area contributed by atoms with Gasteiger partial charge in [-0.05, 0) is 18.2 Å². The maximum absolute atomic E-state index is 12.2. The zero-order valence-electron chi connectivity index (χ0n) is 10.6. The van der Waals surface area contributed by atoms with Gasteiger partial charge in [0.25, 0.3) is 0 Å². The van der Waals surface area contributed by atoms with E-state index in [9.17, 15) is 9.59 Å². The summed E-state index contributed by atoms with van der Waals surface area (Å²) in [6, 6.07) is 5.24. The van der Waals surface area contributed by atoms with Gasteiger partial charge in [0, 0.05) is 31.5 Å². The Balaban J connectivity index is 1.65. The van der Waals surface area contributed by atoms with Crippen molar-refractivity contribution in [2.75, 3.05) is 26.4 Å². The minimum Gasteiger partial charge on any atom is -0.454 e. The quantitative estimate of drug-likeness (QED) is 0.767. The van der Waals surface area contributed by atoms with Crippen molar-refractivity contribution < 1.29 is 19.1 Å². The molecular weight excluding hydrogens is 246 g/mol. The fourth-order valence-electron chi connectivity index (χ4n) is 2.32. The molecule has 0 saturated carbocycles. The highest BCUT2D eigenvalue weighted by Gasteiger charge is 2.21. The molecule has 0 atom stereocenters. The first-order valence-corrected chi connectivity index (χ1v) is 6.39. The Kier molecular flexibility index (Phi) is 3.21. The van der Waals surface area contributed by atoms with Crippen molar-refractivity contribution in [3.05, 3.63) is 23.8 Å². The van der Waals surface area contributed by atoms with E-state index in [4.69, 9.17) is 9.47 Å². The Morgan fingerprint density at radius 2 is 1.89 bits per heavy atom. The van der Waals surface area contributed by atoms with Gasteiger partial charge >= 0.3 is 0 Å². The number of ether oxygens (including phenoxy) is 2. The van der Waals surface area contributed by atoms with Gasteiger partial charge in [-0.1, -0.05) is 0 Å². The van der Waals surface area contributed by atoms with E-state index >= 15 is 0 Å². The summed E-state index contributed by atoms with van der Waals surface area (Å²) in [6.45, 7) is 1.92. The zero-order chi connectivity index (χ0) is 13.2. The number of piperidine rings is 1. The summed E-state index contributed by atoms with van der Waals surface area (Å²) in [6.07, 6.45) is 1.10. The summed E-state index contributed by atoms with van der Waals surface area (Å²) in [5, 5.41) is 0. The van der Waals surface area contributed by atoms with E-state index in [-0.39, 0.29) is 18.4 Å². The van der Waals surface area contributed by atoms with Gasteiger partial charge in [0.2, 0.25) is 6.79 Å². The maximum Gasteiger partial charge on any atom is 0.231 e. The number of carbonyl (C=O) groups excluding carboxylic acids is 2. The summed E-state index contributed by atoms with van der Waals surface area (Å²) in [4.78, 5) is 25.3. The number of rotatable bonds is 3. The number of likely N-dealkylation sites (tertiary alicyclic amines) is 1. The van der Waals surface area contributed by atoms with Gasteiger partial charge in [-0.15, -0.1) is 0 Å². The second kappa shape index (κ2) is 5.01. The standard InChI is InChI=1S/C14H15NO4/c16-11-3-5-15(6-4-11)8-12(17)10-1-2-13-14(7-10)19-9-18-13/h1-2,7H,3-6,8-9H2. The number of carbonyl (C=O) groups is 2. The predicted molar refractivity (Wildman–Crippen MR) is 67.6 cm³/mol. The van der Waals surface area contributed by atoms with E-state index in [1.54, 1.807) is 18.2 Å². The Bertz CT molecular complexity index is 516. The first kappa shape index (κ1) is 12.2. The van der Waals surface area contributed by atoms with Crippen molar-refractivity contribution in [3.8, 4) is 11.5 Å². The molecule has 19 heavy (non-hydrogen) atoms. The Morgan fingerprint density at radius 1 is 1.16 bits per heavy atom. The molecule has 0 bridgehead atoms. The molecule has 1 saturated heterocycles. The molecule has 0 aromatic heterocycles. The van der Waals surface area contributed by atoms with Crippen LogP contribution in [0.1, 0.15) is 23.2 Å². The lowest BCUT2D eigenvalue weighted by atomic mass is 10.1. The summed E-state index contributed by atoms with van der Waals surface area (Å²) in [5.41, 5.74) is 0.626. The Morgan fingerprint density at radius 3 is 2.68 bits per heavy atom. The van der Waals surface area contributed by atoms with Crippen LogP contribution in [0.3, 0.4) is 0 Å². The third-order valence-electron chi connectivity index (χ3n) is 3.48. The second-order valence-corrected chi connectivity index (χ2v) is 4.81. The predicted octanol–water partition coefficient (Wildman–Crippen LogP) is 1.26. The fourth-order valence-corrected chi connectivity index (χ4v) is 2.32. The van der Waals surface area contributed by atoms with E-state index < -0.39 is 0 Å². The lowest BCUT2D eigenvalue weighted by Gasteiger charge is -2.24. The molecule has 5 nitrogen and oxygen atoms in total. The number of ketones is 2. The number of nitrogens with zero attached hydrogens (tertiary/aromatic N) is 1. The first-order chi connectivity index (χ1) is 9.22. The molecular formula is C14H15NO4. The molecule has 0 N–H and O–H groups in total. The summed E-state index contributed by atoms with van der Waals surface area (Å²) in [5.74, 6) is 1.64. The van der Waals surface area contributed by atoms with Crippen LogP contribution in [-0.2, 0) is 4.79 Å². The smallest absolute Gasteiger partial charge is 0.231 e. The summed E-state index contributed by atoms with van der Waals surface area (Å²) in [7, 11) is 0. The number of Topliss-reactive ketones (excluding diaryl/α,β-unsaturated/α-hetero) is 2. The van der Waals surface area contributed by atoms with E-state index in [1.165, 1.54) is 0 Å². The molecule has 0 radical (unpaired) electrons. The van der Waals surface area contributed by atoms with Gasteiger partial charge in [-0.3, -0.25) is 14.5 Å². The SMILES string of the molecule is O=C1CCN(CC(=O)c2ccc3c(c2)OCO3)CC1.